The van der Waals surface area contributed by atoms with Gasteiger partial charge in [-0.1, -0.05) is 54.6 Å². The maximum Gasteiger partial charge on any atom is 0.242 e. The fourth-order valence-electron chi connectivity index (χ4n) is 3.63. The highest BCUT2D eigenvalue weighted by molar-refractivity contribution is 5.85. The molecule has 0 aromatic heterocycles. The van der Waals surface area contributed by atoms with Crippen molar-refractivity contribution in [3.05, 3.63) is 71.3 Å². The molecule has 2 aliphatic heterocycles. The lowest BCUT2D eigenvalue weighted by Crippen LogP contribution is -2.53. The molecule has 2 aromatic rings. The molecule has 0 aliphatic carbocycles. The lowest BCUT2D eigenvalue weighted by molar-refractivity contribution is -0.129. The number of amides is 1. The van der Waals surface area contributed by atoms with Crippen LogP contribution < -0.4 is 5.32 Å². The van der Waals surface area contributed by atoms with Crippen molar-refractivity contribution < 1.29 is 4.79 Å². The summed E-state index contributed by atoms with van der Waals surface area (Å²) < 4.78 is 0. The van der Waals surface area contributed by atoms with Crippen molar-refractivity contribution in [2.45, 2.75) is 12.0 Å². The normalized spacial score (nSPS) is 24.9. The van der Waals surface area contributed by atoms with Gasteiger partial charge in [0.1, 0.15) is 6.04 Å². The monoisotopic (exact) mass is 278 g/mol. The second-order valence-corrected chi connectivity index (χ2v) is 5.78. The SMILES string of the molecule is O=C1NCCN2CC(c3ccccc3)c3ccccc3C12. The van der Waals surface area contributed by atoms with E-state index in [9.17, 15) is 4.79 Å². The second kappa shape index (κ2) is 5.01. The van der Waals surface area contributed by atoms with Crippen LogP contribution in [0.1, 0.15) is 28.7 Å². The minimum atomic E-state index is -0.116. The summed E-state index contributed by atoms with van der Waals surface area (Å²) in [5, 5.41) is 3.00. The molecule has 4 rings (SSSR count). The minimum Gasteiger partial charge on any atom is -0.353 e. The molecule has 2 atom stereocenters. The highest BCUT2D eigenvalue weighted by atomic mass is 16.2. The molecule has 2 heterocycles. The number of carbonyl (C=O) groups is 1. The van der Waals surface area contributed by atoms with Gasteiger partial charge in [0.15, 0.2) is 0 Å². The van der Waals surface area contributed by atoms with Gasteiger partial charge in [-0.3, -0.25) is 9.69 Å². The molecule has 2 aromatic carbocycles. The van der Waals surface area contributed by atoms with Gasteiger partial charge in [-0.2, -0.15) is 0 Å². The highest BCUT2D eigenvalue weighted by Crippen LogP contribution is 2.39. The largest absolute Gasteiger partial charge is 0.353 e. The van der Waals surface area contributed by atoms with Crippen molar-refractivity contribution in [3.63, 3.8) is 0 Å². The molecular weight excluding hydrogens is 260 g/mol. The van der Waals surface area contributed by atoms with Crippen molar-refractivity contribution in [2.24, 2.45) is 0 Å². The van der Waals surface area contributed by atoms with E-state index in [1.54, 1.807) is 0 Å². The minimum absolute atomic E-state index is 0.116. The summed E-state index contributed by atoms with van der Waals surface area (Å²) in [6.45, 7) is 2.59. The van der Waals surface area contributed by atoms with Crippen molar-refractivity contribution in [2.75, 3.05) is 19.6 Å². The van der Waals surface area contributed by atoms with Crippen LogP contribution in [0.3, 0.4) is 0 Å². The second-order valence-electron chi connectivity index (χ2n) is 5.78. The molecule has 3 heteroatoms. The molecule has 1 N–H and O–H groups in total. The van der Waals surface area contributed by atoms with Crippen LogP contribution in [0.25, 0.3) is 0 Å². The van der Waals surface area contributed by atoms with Gasteiger partial charge in [0, 0.05) is 25.6 Å². The average Bonchev–Trinajstić information content (AvgIpc) is 2.55. The number of carbonyl (C=O) groups excluding carboxylic acids is 1. The number of nitrogens with one attached hydrogen (secondary N) is 1. The quantitative estimate of drug-likeness (QED) is 0.868. The summed E-state index contributed by atoms with van der Waals surface area (Å²) in [6.07, 6.45) is 0. The van der Waals surface area contributed by atoms with Crippen LogP contribution in [0.4, 0.5) is 0 Å². The van der Waals surface area contributed by atoms with Crippen molar-refractivity contribution in [1.29, 1.82) is 0 Å². The number of fused-ring (bicyclic) bond motifs is 3. The molecular formula is C18H18N2O. The molecule has 21 heavy (non-hydrogen) atoms. The number of hydrogen-bond donors (Lipinski definition) is 1. The summed E-state index contributed by atoms with van der Waals surface area (Å²) >= 11 is 0. The number of nitrogens with zero attached hydrogens (tertiary/aromatic N) is 1. The predicted octanol–water partition coefficient (Wildman–Crippen LogP) is 2.30. The van der Waals surface area contributed by atoms with E-state index in [1.165, 1.54) is 11.1 Å². The van der Waals surface area contributed by atoms with Crippen LogP contribution in [-0.2, 0) is 4.79 Å². The van der Waals surface area contributed by atoms with Gasteiger partial charge in [0.25, 0.3) is 0 Å². The molecule has 1 fully saturated rings. The van der Waals surface area contributed by atoms with Crippen LogP contribution in [-0.4, -0.2) is 30.4 Å². The summed E-state index contributed by atoms with van der Waals surface area (Å²) in [7, 11) is 0. The molecule has 3 nitrogen and oxygen atoms in total. The first-order chi connectivity index (χ1) is 10.3. The van der Waals surface area contributed by atoms with Gasteiger partial charge in [-0.05, 0) is 16.7 Å². The van der Waals surface area contributed by atoms with E-state index in [-0.39, 0.29) is 11.9 Å². The van der Waals surface area contributed by atoms with Gasteiger partial charge < -0.3 is 5.32 Å². The van der Waals surface area contributed by atoms with E-state index in [0.29, 0.717) is 5.92 Å². The third-order valence-corrected chi connectivity index (χ3v) is 4.60. The van der Waals surface area contributed by atoms with Crippen molar-refractivity contribution in [1.82, 2.24) is 10.2 Å². The fraction of sp³-hybridized carbons (Fsp3) is 0.278. The van der Waals surface area contributed by atoms with Crippen molar-refractivity contribution in [3.8, 4) is 0 Å². The van der Waals surface area contributed by atoms with Gasteiger partial charge in [-0.25, -0.2) is 0 Å². The summed E-state index contributed by atoms with van der Waals surface area (Å²) in [5.74, 6) is 0.491. The van der Waals surface area contributed by atoms with Crippen LogP contribution >= 0.6 is 0 Å². The molecule has 1 amide bonds. The van der Waals surface area contributed by atoms with E-state index in [2.05, 4.69) is 58.7 Å². The standard InChI is InChI=1S/C18H18N2O/c21-18-17-15-9-5-4-8-14(15)16(12-20(17)11-10-19-18)13-6-2-1-3-7-13/h1-9,16-17H,10-12H2,(H,19,21). The third kappa shape index (κ3) is 2.05. The lowest BCUT2D eigenvalue weighted by atomic mass is 9.80. The Kier molecular flexibility index (Phi) is 3.00. The molecule has 106 valence electrons. The van der Waals surface area contributed by atoms with E-state index in [0.717, 1.165) is 25.2 Å². The Morgan fingerprint density at radius 2 is 1.67 bits per heavy atom. The van der Waals surface area contributed by atoms with Crippen LogP contribution in [0.15, 0.2) is 54.6 Å². The van der Waals surface area contributed by atoms with Crippen LogP contribution in [0.2, 0.25) is 0 Å². The Morgan fingerprint density at radius 3 is 2.48 bits per heavy atom. The van der Waals surface area contributed by atoms with Crippen molar-refractivity contribution >= 4 is 5.91 Å². The Hall–Kier alpha value is -2.13. The Labute approximate surface area is 124 Å². The molecule has 0 saturated carbocycles. The van der Waals surface area contributed by atoms with E-state index < -0.39 is 0 Å². The van der Waals surface area contributed by atoms with Gasteiger partial charge in [0.2, 0.25) is 5.91 Å². The number of piperazine rings is 1. The van der Waals surface area contributed by atoms with E-state index in [1.807, 2.05) is 6.07 Å². The first-order valence-electron chi connectivity index (χ1n) is 7.50. The Balaban J connectivity index is 1.84. The maximum atomic E-state index is 12.3. The summed E-state index contributed by atoms with van der Waals surface area (Å²) in [6, 6.07) is 18.9. The molecule has 2 unspecified atom stereocenters. The predicted molar refractivity (Wildman–Crippen MR) is 82.1 cm³/mol. The highest BCUT2D eigenvalue weighted by Gasteiger charge is 2.39. The van der Waals surface area contributed by atoms with Crippen LogP contribution in [0.5, 0.6) is 0 Å². The molecule has 0 radical (unpaired) electrons. The molecule has 0 bridgehead atoms. The summed E-state index contributed by atoms with van der Waals surface area (Å²) in [4.78, 5) is 14.6. The molecule has 1 saturated heterocycles. The maximum absolute atomic E-state index is 12.3. The number of hydrogen-bond acceptors (Lipinski definition) is 2. The average molecular weight is 278 g/mol. The third-order valence-electron chi connectivity index (χ3n) is 4.60. The smallest absolute Gasteiger partial charge is 0.242 e. The Morgan fingerprint density at radius 1 is 0.952 bits per heavy atom. The fourth-order valence-corrected chi connectivity index (χ4v) is 3.63. The summed E-state index contributed by atoms with van der Waals surface area (Å²) in [5.41, 5.74) is 3.78. The van der Waals surface area contributed by atoms with E-state index in [4.69, 9.17) is 0 Å². The lowest BCUT2D eigenvalue weighted by Gasteiger charge is -2.43. The van der Waals surface area contributed by atoms with Gasteiger partial charge >= 0.3 is 0 Å². The van der Waals surface area contributed by atoms with Gasteiger partial charge in [0.05, 0.1) is 0 Å². The Bertz CT molecular complexity index is 668. The number of benzene rings is 2. The van der Waals surface area contributed by atoms with Gasteiger partial charge in [-0.15, -0.1) is 0 Å². The zero-order chi connectivity index (χ0) is 14.2. The first-order valence-corrected chi connectivity index (χ1v) is 7.50. The first kappa shape index (κ1) is 12.6. The topological polar surface area (TPSA) is 32.3 Å². The zero-order valence-electron chi connectivity index (χ0n) is 11.8. The molecule has 2 aliphatic rings. The number of rotatable bonds is 1. The molecule has 0 spiro atoms. The zero-order valence-corrected chi connectivity index (χ0v) is 11.8. The van der Waals surface area contributed by atoms with Crippen LogP contribution in [0, 0.1) is 0 Å². The van der Waals surface area contributed by atoms with E-state index >= 15 is 0 Å².